The molecule has 0 spiro atoms. The first-order valence-corrected chi connectivity index (χ1v) is 8.87. The van der Waals surface area contributed by atoms with Crippen LogP contribution in [-0.4, -0.2) is 16.6 Å². The highest BCUT2D eigenvalue weighted by molar-refractivity contribution is 7.99. The summed E-state index contributed by atoms with van der Waals surface area (Å²) in [7, 11) is 0. The van der Waals surface area contributed by atoms with Crippen LogP contribution in [0, 0.1) is 10.1 Å². The molecule has 0 saturated heterocycles. The summed E-state index contributed by atoms with van der Waals surface area (Å²) in [5, 5.41) is 15.7. The Labute approximate surface area is 149 Å². The van der Waals surface area contributed by atoms with E-state index in [1.165, 1.54) is 23.9 Å². The normalized spacial score (nSPS) is 10.6. The Morgan fingerprint density at radius 3 is 2.44 bits per heavy atom. The fourth-order valence-corrected chi connectivity index (χ4v) is 3.23. The molecule has 3 aromatic rings. The molecule has 0 unspecified atom stereocenters. The van der Waals surface area contributed by atoms with Crippen molar-refractivity contribution in [1.29, 1.82) is 0 Å². The van der Waals surface area contributed by atoms with Gasteiger partial charge in [-0.1, -0.05) is 42.5 Å². The van der Waals surface area contributed by atoms with E-state index in [9.17, 15) is 14.9 Å². The third-order valence-electron chi connectivity index (χ3n) is 3.68. The number of nitro benzene ring substituents is 1. The molecule has 1 amide bonds. The summed E-state index contributed by atoms with van der Waals surface area (Å²) in [6.07, 6.45) is 0. The minimum atomic E-state index is -0.423. The highest BCUT2D eigenvalue weighted by Gasteiger charge is 2.06. The van der Waals surface area contributed by atoms with Crippen molar-refractivity contribution in [3.05, 3.63) is 82.4 Å². The van der Waals surface area contributed by atoms with Crippen molar-refractivity contribution < 1.29 is 9.72 Å². The van der Waals surface area contributed by atoms with Gasteiger partial charge in [-0.25, -0.2) is 0 Å². The van der Waals surface area contributed by atoms with Gasteiger partial charge in [-0.05, 0) is 28.5 Å². The molecule has 3 aromatic carbocycles. The molecule has 126 valence electrons. The number of anilines is 1. The summed E-state index contributed by atoms with van der Waals surface area (Å²) in [4.78, 5) is 22.3. The number of nitro groups is 1. The first kappa shape index (κ1) is 17.0. The molecule has 1 N–H and O–H groups in total. The van der Waals surface area contributed by atoms with Gasteiger partial charge in [0.1, 0.15) is 0 Å². The number of hydrogen-bond acceptors (Lipinski definition) is 4. The fourth-order valence-electron chi connectivity index (χ4n) is 2.44. The first-order valence-electron chi connectivity index (χ1n) is 7.71. The van der Waals surface area contributed by atoms with E-state index in [4.69, 9.17) is 0 Å². The quantitative estimate of drug-likeness (QED) is 0.519. The molecule has 0 saturated carbocycles. The average Bonchev–Trinajstić information content (AvgIpc) is 2.62. The van der Waals surface area contributed by atoms with Gasteiger partial charge in [-0.15, -0.1) is 11.8 Å². The molecular weight excluding hydrogens is 336 g/mol. The van der Waals surface area contributed by atoms with Crippen LogP contribution in [0.3, 0.4) is 0 Å². The monoisotopic (exact) mass is 352 g/mol. The molecule has 25 heavy (non-hydrogen) atoms. The highest BCUT2D eigenvalue weighted by Crippen LogP contribution is 2.20. The molecular formula is C19H16N2O3S. The van der Waals surface area contributed by atoms with Crippen molar-refractivity contribution in [2.24, 2.45) is 0 Å². The Morgan fingerprint density at radius 1 is 1.00 bits per heavy atom. The highest BCUT2D eigenvalue weighted by atomic mass is 32.2. The maximum Gasteiger partial charge on any atom is 0.269 e. The van der Waals surface area contributed by atoms with Crippen LogP contribution in [0.5, 0.6) is 0 Å². The Balaban J connectivity index is 1.51. The molecule has 0 radical (unpaired) electrons. The number of non-ortho nitro benzene ring substituents is 1. The molecule has 0 atom stereocenters. The number of benzene rings is 3. The van der Waals surface area contributed by atoms with Crippen LogP contribution in [0.15, 0.2) is 66.7 Å². The van der Waals surface area contributed by atoms with Crippen molar-refractivity contribution in [3.63, 3.8) is 0 Å². The van der Waals surface area contributed by atoms with E-state index in [1.54, 1.807) is 12.1 Å². The van der Waals surface area contributed by atoms with Gasteiger partial charge in [0.25, 0.3) is 5.69 Å². The van der Waals surface area contributed by atoms with Gasteiger partial charge in [0, 0.05) is 23.6 Å². The van der Waals surface area contributed by atoms with Crippen LogP contribution >= 0.6 is 11.8 Å². The molecule has 0 aliphatic heterocycles. The van der Waals surface area contributed by atoms with Gasteiger partial charge in [0.2, 0.25) is 5.91 Å². The smallest absolute Gasteiger partial charge is 0.269 e. The van der Waals surface area contributed by atoms with Gasteiger partial charge in [0.05, 0.1) is 10.7 Å². The van der Waals surface area contributed by atoms with E-state index in [2.05, 4.69) is 5.32 Å². The van der Waals surface area contributed by atoms with Crippen molar-refractivity contribution >= 4 is 39.8 Å². The Bertz CT molecular complexity index is 910. The van der Waals surface area contributed by atoms with Gasteiger partial charge >= 0.3 is 0 Å². The topological polar surface area (TPSA) is 72.2 Å². The zero-order chi connectivity index (χ0) is 17.6. The second-order valence-electron chi connectivity index (χ2n) is 5.53. The number of fused-ring (bicyclic) bond motifs is 1. The summed E-state index contributed by atoms with van der Waals surface area (Å²) in [6.45, 7) is 0. The van der Waals surface area contributed by atoms with E-state index in [1.807, 2.05) is 42.5 Å². The molecule has 0 bridgehead atoms. The number of thioether (sulfide) groups is 1. The summed E-state index contributed by atoms with van der Waals surface area (Å²) in [5.41, 5.74) is 1.80. The zero-order valence-electron chi connectivity index (χ0n) is 13.3. The van der Waals surface area contributed by atoms with Crippen LogP contribution in [0.1, 0.15) is 5.56 Å². The van der Waals surface area contributed by atoms with Crippen molar-refractivity contribution in [1.82, 2.24) is 0 Å². The van der Waals surface area contributed by atoms with Crippen LogP contribution in [-0.2, 0) is 10.5 Å². The largest absolute Gasteiger partial charge is 0.325 e. The Hall–Kier alpha value is -2.86. The average molecular weight is 352 g/mol. The predicted molar refractivity (Wildman–Crippen MR) is 102 cm³/mol. The van der Waals surface area contributed by atoms with Crippen molar-refractivity contribution in [2.75, 3.05) is 11.1 Å². The van der Waals surface area contributed by atoms with Gasteiger partial charge in [0.15, 0.2) is 0 Å². The van der Waals surface area contributed by atoms with E-state index in [-0.39, 0.29) is 11.6 Å². The molecule has 6 heteroatoms. The number of carbonyl (C=O) groups excluding carboxylic acids is 1. The number of nitrogens with zero attached hydrogens (tertiary/aromatic N) is 1. The predicted octanol–water partition coefficient (Wildman–Crippen LogP) is 4.62. The maximum absolute atomic E-state index is 12.1. The van der Waals surface area contributed by atoms with Crippen LogP contribution in [0.2, 0.25) is 0 Å². The lowest BCUT2D eigenvalue weighted by Crippen LogP contribution is -2.14. The lowest BCUT2D eigenvalue weighted by atomic mass is 10.1. The van der Waals surface area contributed by atoms with Crippen LogP contribution in [0.4, 0.5) is 11.4 Å². The first-order chi connectivity index (χ1) is 12.1. The number of nitrogens with one attached hydrogen (secondary N) is 1. The molecule has 0 fully saturated rings. The SMILES string of the molecule is O=C(CSCc1ccc([N+](=O)[O-])cc1)Nc1ccc2ccccc2c1. The lowest BCUT2D eigenvalue weighted by molar-refractivity contribution is -0.384. The number of amides is 1. The molecule has 0 aromatic heterocycles. The number of rotatable bonds is 6. The molecule has 3 rings (SSSR count). The van der Waals surface area contributed by atoms with Crippen LogP contribution < -0.4 is 5.32 Å². The lowest BCUT2D eigenvalue weighted by Gasteiger charge is -2.07. The molecule has 0 aliphatic rings. The van der Waals surface area contributed by atoms with E-state index in [0.717, 1.165) is 22.0 Å². The van der Waals surface area contributed by atoms with E-state index >= 15 is 0 Å². The summed E-state index contributed by atoms with van der Waals surface area (Å²) >= 11 is 1.47. The third-order valence-corrected chi connectivity index (χ3v) is 4.69. The van der Waals surface area contributed by atoms with Crippen molar-refractivity contribution in [3.8, 4) is 0 Å². The standard InChI is InChI=1S/C19H16N2O3S/c22-19(13-25-12-14-5-9-18(10-6-14)21(23)24)20-17-8-7-15-3-1-2-4-16(15)11-17/h1-11H,12-13H2,(H,20,22). The maximum atomic E-state index is 12.1. The summed E-state index contributed by atoms with van der Waals surface area (Å²) in [6, 6.07) is 20.2. The molecule has 0 aliphatic carbocycles. The second kappa shape index (κ2) is 7.81. The van der Waals surface area contributed by atoms with Gasteiger partial charge in [-0.3, -0.25) is 14.9 Å². The summed E-state index contributed by atoms with van der Waals surface area (Å²) in [5.74, 6) is 0.884. The van der Waals surface area contributed by atoms with E-state index < -0.39 is 4.92 Å². The van der Waals surface area contributed by atoms with Gasteiger partial charge in [-0.2, -0.15) is 0 Å². The zero-order valence-corrected chi connectivity index (χ0v) is 14.2. The fraction of sp³-hybridized carbons (Fsp3) is 0.105. The van der Waals surface area contributed by atoms with Crippen molar-refractivity contribution in [2.45, 2.75) is 5.75 Å². The third kappa shape index (κ3) is 4.58. The minimum Gasteiger partial charge on any atom is -0.325 e. The minimum absolute atomic E-state index is 0.0674. The summed E-state index contributed by atoms with van der Waals surface area (Å²) < 4.78 is 0. The number of hydrogen-bond donors (Lipinski definition) is 1. The number of carbonyl (C=O) groups is 1. The van der Waals surface area contributed by atoms with Crippen LogP contribution in [0.25, 0.3) is 10.8 Å². The molecule has 0 heterocycles. The van der Waals surface area contributed by atoms with Gasteiger partial charge < -0.3 is 5.32 Å². The second-order valence-corrected chi connectivity index (χ2v) is 6.51. The van der Waals surface area contributed by atoms with E-state index in [0.29, 0.717) is 11.5 Å². The Kier molecular flexibility index (Phi) is 5.30. The molecule has 5 nitrogen and oxygen atoms in total. The Morgan fingerprint density at radius 2 is 1.72 bits per heavy atom.